The number of nitrogens with one attached hydrogen (secondary N) is 2. The highest BCUT2D eigenvalue weighted by atomic mass is 127. The zero-order chi connectivity index (χ0) is 19.2. The van der Waals surface area contributed by atoms with Crippen LogP contribution in [0, 0.1) is 13.8 Å². The molecular weight excluding hydrogens is 467 g/mol. The van der Waals surface area contributed by atoms with Gasteiger partial charge in [0.05, 0.1) is 24.5 Å². The summed E-state index contributed by atoms with van der Waals surface area (Å²) in [6.07, 6.45) is 4.27. The maximum Gasteiger partial charge on any atom is 0.191 e. The van der Waals surface area contributed by atoms with E-state index in [-0.39, 0.29) is 30.0 Å². The average molecular weight is 500 g/mol. The lowest BCUT2D eigenvalue weighted by molar-refractivity contribution is 0.215. The second-order valence-corrected chi connectivity index (χ2v) is 7.12. The molecule has 2 aromatic rings. The predicted octanol–water partition coefficient (Wildman–Crippen LogP) is 3.14. The van der Waals surface area contributed by atoms with Crippen molar-refractivity contribution >= 4 is 29.9 Å². The number of guanidine groups is 1. The van der Waals surface area contributed by atoms with Crippen molar-refractivity contribution in [1.29, 1.82) is 0 Å². The summed E-state index contributed by atoms with van der Waals surface area (Å²) >= 11 is 0. The smallest absolute Gasteiger partial charge is 0.191 e. The van der Waals surface area contributed by atoms with E-state index in [1.54, 1.807) is 6.26 Å². The Labute approximate surface area is 185 Å². The van der Waals surface area contributed by atoms with Gasteiger partial charge in [-0.2, -0.15) is 5.10 Å². The number of hydrogen-bond acceptors (Lipinski definition) is 4. The highest BCUT2D eigenvalue weighted by Gasteiger charge is 2.25. The fourth-order valence-electron chi connectivity index (χ4n) is 3.68. The van der Waals surface area contributed by atoms with Gasteiger partial charge in [-0.05, 0) is 58.8 Å². The van der Waals surface area contributed by atoms with Gasteiger partial charge in [-0.1, -0.05) is 0 Å². The SMILES string of the molecule is CCNC(=NCc1c(C)nn(C)c1C)NCC(c1ccco1)N1CCCC1.I. The van der Waals surface area contributed by atoms with Gasteiger partial charge < -0.3 is 15.1 Å². The minimum absolute atomic E-state index is 0. The topological polar surface area (TPSA) is 70.6 Å². The van der Waals surface area contributed by atoms with Crippen molar-refractivity contribution in [3.8, 4) is 0 Å². The van der Waals surface area contributed by atoms with Crippen LogP contribution in [-0.2, 0) is 13.6 Å². The molecule has 0 bridgehead atoms. The average Bonchev–Trinajstić information content (AvgIpc) is 3.39. The van der Waals surface area contributed by atoms with Gasteiger partial charge in [0, 0.05) is 31.4 Å². The van der Waals surface area contributed by atoms with E-state index in [1.165, 1.54) is 18.4 Å². The van der Waals surface area contributed by atoms with Crippen LogP contribution in [-0.4, -0.2) is 46.8 Å². The molecule has 3 rings (SSSR count). The molecule has 1 aliphatic heterocycles. The van der Waals surface area contributed by atoms with E-state index in [0.29, 0.717) is 6.54 Å². The van der Waals surface area contributed by atoms with Gasteiger partial charge in [-0.3, -0.25) is 9.58 Å². The van der Waals surface area contributed by atoms with Crippen LogP contribution in [0.2, 0.25) is 0 Å². The van der Waals surface area contributed by atoms with Crippen LogP contribution in [0.4, 0.5) is 0 Å². The summed E-state index contributed by atoms with van der Waals surface area (Å²) in [6.45, 7) is 10.7. The van der Waals surface area contributed by atoms with Gasteiger partial charge in [-0.15, -0.1) is 24.0 Å². The summed E-state index contributed by atoms with van der Waals surface area (Å²) in [5, 5.41) is 11.3. The van der Waals surface area contributed by atoms with Crippen molar-refractivity contribution in [3.63, 3.8) is 0 Å². The number of hydrogen-bond donors (Lipinski definition) is 2. The maximum atomic E-state index is 5.71. The Morgan fingerprint density at radius 2 is 2.04 bits per heavy atom. The molecule has 8 heteroatoms. The Balaban J connectivity index is 0.00000280. The van der Waals surface area contributed by atoms with Crippen LogP contribution in [0.15, 0.2) is 27.8 Å². The number of aromatic nitrogens is 2. The van der Waals surface area contributed by atoms with E-state index in [9.17, 15) is 0 Å². The quantitative estimate of drug-likeness (QED) is 0.348. The molecule has 0 aromatic carbocycles. The molecule has 28 heavy (non-hydrogen) atoms. The summed E-state index contributed by atoms with van der Waals surface area (Å²) in [5.74, 6) is 1.84. The first-order valence-electron chi connectivity index (χ1n) is 9.88. The summed E-state index contributed by atoms with van der Waals surface area (Å²) in [5.41, 5.74) is 3.40. The van der Waals surface area contributed by atoms with E-state index in [1.807, 2.05) is 24.7 Å². The largest absolute Gasteiger partial charge is 0.468 e. The predicted molar refractivity (Wildman–Crippen MR) is 123 cm³/mol. The highest BCUT2D eigenvalue weighted by Crippen LogP contribution is 2.24. The normalized spacial score (nSPS) is 16.1. The lowest BCUT2D eigenvalue weighted by Gasteiger charge is -2.26. The summed E-state index contributed by atoms with van der Waals surface area (Å²) in [7, 11) is 1.98. The van der Waals surface area contributed by atoms with E-state index >= 15 is 0 Å². The molecule has 1 fully saturated rings. The molecule has 2 N–H and O–H groups in total. The van der Waals surface area contributed by atoms with Crippen molar-refractivity contribution in [2.75, 3.05) is 26.2 Å². The lowest BCUT2D eigenvalue weighted by Crippen LogP contribution is -2.42. The monoisotopic (exact) mass is 500 g/mol. The van der Waals surface area contributed by atoms with Crippen LogP contribution >= 0.6 is 24.0 Å². The van der Waals surface area contributed by atoms with Gasteiger partial charge in [0.2, 0.25) is 0 Å². The summed E-state index contributed by atoms with van der Waals surface area (Å²) in [6, 6.07) is 4.26. The van der Waals surface area contributed by atoms with Gasteiger partial charge in [-0.25, -0.2) is 4.99 Å². The minimum atomic E-state index is 0. The molecule has 1 saturated heterocycles. The molecule has 0 radical (unpaired) electrons. The number of furan rings is 1. The molecule has 2 aromatic heterocycles. The van der Waals surface area contributed by atoms with Crippen molar-refractivity contribution < 1.29 is 4.42 Å². The standard InChI is InChI=1S/C20H32N6O.HI/c1-5-21-20(22-13-17-15(2)24-25(4)16(17)3)23-14-18(19-9-8-12-27-19)26-10-6-7-11-26;/h8-9,12,18H,5-7,10-11,13-14H2,1-4H3,(H2,21,22,23);1H. The van der Waals surface area contributed by atoms with Crippen molar-refractivity contribution in [3.05, 3.63) is 41.1 Å². The fraction of sp³-hybridized carbons (Fsp3) is 0.600. The maximum absolute atomic E-state index is 5.71. The van der Waals surface area contributed by atoms with Crippen LogP contribution in [0.3, 0.4) is 0 Å². The second-order valence-electron chi connectivity index (χ2n) is 7.12. The van der Waals surface area contributed by atoms with Gasteiger partial charge in [0.1, 0.15) is 5.76 Å². The number of halogens is 1. The molecule has 3 heterocycles. The zero-order valence-corrected chi connectivity index (χ0v) is 19.7. The Morgan fingerprint density at radius 1 is 1.29 bits per heavy atom. The number of likely N-dealkylation sites (tertiary alicyclic amines) is 1. The Kier molecular flexibility index (Phi) is 8.81. The zero-order valence-electron chi connectivity index (χ0n) is 17.4. The first-order valence-corrected chi connectivity index (χ1v) is 9.88. The molecular formula is C20H33IN6O. The third kappa shape index (κ3) is 5.50. The molecule has 1 aliphatic rings. The van der Waals surface area contributed by atoms with E-state index in [4.69, 9.17) is 9.41 Å². The molecule has 1 atom stereocenters. The van der Waals surface area contributed by atoms with E-state index in [0.717, 1.165) is 49.3 Å². The number of aliphatic imine (C=N–C) groups is 1. The van der Waals surface area contributed by atoms with Crippen LogP contribution in [0.25, 0.3) is 0 Å². The van der Waals surface area contributed by atoms with Crippen molar-refractivity contribution in [1.82, 2.24) is 25.3 Å². The Morgan fingerprint density at radius 3 is 2.61 bits per heavy atom. The molecule has 1 unspecified atom stereocenters. The first kappa shape index (κ1) is 22.7. The minimum Gasteiger partial charge on any atom is -0.468 e. The summed E-state index contributed by atoms with van der Waals surface area (Å²) in [4.78, 5) is 7.28. The molecule has 0 spiro atoms. The van der Waals surface area contributed by atoms with Crippen LogP contribution in [0.1, 0.15) is 48.5 Å². The number of nitrogens with zero attached hydrogens (tertiary/aromatic N) is 4. The van der Waals surface area contributed by atoms with Gasteiger partial charge in [0.25, 0.3) is 0 Å². The van der Waals surface area contributed by atoms with Gasteiger partial charge in [0.15, 0.2) is 5.96 Å². The summed E-state index contributed by atoms with van der Waals surface area (Å²) < 4.78 is 7.63. The van der Waals surface area contributed by atoms with E-state index in [2.05, 4.69) is 40.5 Å². The van der Waals surface area contributed by atoms with E-state index < -0.39 is 0 Å². The van der Waals surface area contributed by atoms with Crippen molar-refractivity contribution in [2.45, 2.75) is 46.2 Å². The molecule has 0 amide bonds. The number of rotatable bonds is 7. The van der Waals surface area contributed by atoms with Gasteiger partial charge >= 0.3 is 0 Å². The molecule has 156 valence electrons. The molecule has 0 saturated carbocycles. The lowest BCUT2D eigenvalue weighted by atomic mass is 10.2. The number of aryl methyl sites for hydroxylation is 2. The second kappa shape index (κ2) is 10.8. The van der Waals surface area contributed by atoms with Crippen LogP contribution in [0.5, 0.6) is 0 Å². The van der Waals surface area contributed by atoms with Crippen LogP contribution < -0.4 is 10.6 Å². The first-order chi connectivity index (χ1) is 13.1. The fourth-order valence-corrected chi connectivity index (χ4v) is 3.68. The highest BCUT2D eigenvalue weighted by molar-refractivity contribution is 14.0. The van der Waals surface area contributed by atoms with Crippen molar-refractivity contribution in [2.24, 2.45) is 12.0 Å². The molecule has 0 aliphatic carbocycles. The Bertz CT molecular complexity index is 749. The third-order valence-electron chi connectivity index (χ3n) is 5.31. The molecule has 7 nitrogen and oxygen atoms in total. The third-order valence-corrected chi connectivity index (χ3v) is 5.31. The Hall–Kier alpha value is -1.55.